The molecule has 3 N–H and O–H groups in total. The highest BCUT2D eigenvalue weighted by Crippen LogP contribution is 2.17. The zero-order valence-electron chi connectivity index (χ0n) is 18.8. The van der Waals surface area contributed by atoms with Crippen molar-refractivity contribution in [1.29, 1.82) is 0 Å². The van der Waals surface area contributed by atoms with Crippen LogP contribution in [0.4, 0.5) is 4.39 Å². The molecule has 176 valence electrons. The Morgan fingerprint density at radius 3 is 2.48 bits per heavy atom. The van der Waals surface area contributed by atoms with Gasteiger partial charge in [0.05, 0.1) is 13.1 Å². The molecule has 1 saturated heterocycles. The fourth-order valence-corrected chi connectivity index (χ4v) is 3.44. The van der Waals surface area contributed by atoms with E-state index in [1.54, 1.807) is 19.2 Å². The number of guanidine groups is 1. The van der Waals surface area contributed by atoms with E-state index in [2.05, 4.69) is 32.8 Å². The quantitative estimate of drug-likeness (QED) is 0.238. The summed E-state index contributed by atoms with van der Waals surface area (Å²) in [7, 11) is 1.64. The van der Waals surface area contributed by atoms with Gasteiger partial charge in [-0.05, 0) is 43.9 Å². The molecule has 1 aromatic rings. The summed E-state index contributed by atoms with van der Waals surface area (Å²) in [5.41, 5.74) is 0.896. The molecule has 9 heteroatoms. The van der Waals surface area contributed by atoms with Gasteiger partial charge >= 0.3 is 0 Å². The first-order valence-corrected chi connectivity index (χ1v) is 10.9. The number of carbonyl (C=O) groups excluding carboxylic acids is 1. The molecule has 31 heavy (non-hydrogen) atoms. The summed E-state index contributed by atoms with van der Waals surface area (Å²) < 4.78 is 18.7. The lowest BCUT2D eigenvalue weighted by atomic mass is 10.1. The van der Waals surface area contributed by atoms with Crippen LogP contribution in [-0.2, 0) is 9.53 Å². The molecular formula is C22H37FIN5O2. The number of halogens is 2. The molecule has 1 aromatic carbocycles. The molecule has 1 unspecified atom stereocenters. The van der Waals surface area contributed by atoms with Crippen LogP contribution < -0.4 is 16.0 Å². The van der Waals surface area contributed by atoms with Gasteiger partial charge < -0.3 is 20.7 Å². The number of carbonyl (C=O) groups is 1. The average Bonchev–Trinajstić information content (AvgIpc) is 2.75. The number of hydrogen-bond acceptors (Lipinski definition) is 4. The average molecular weight is 549 g/mol. The Labute approximate surface area is 202 Å². The van der Waals surface area contributed by atoms with Crippen molar-refractivity contribution in [3.8, 4) is 0 Å². The third kappa shape index (κ3) is 10.1. The lowest BCUT2D eigenvalue weighted by molar-refractivity contribution is -0.122. The van der Waals surface area contributed by atoms with Crippen molar-refractivity contribution in [2.75, 3.05) is 46.4 Å². The molecule has 1 atom stereocenters. The third-order valence-corrected chi connectivity index (χ3v) is 5.15. The van der Waals surface area contributed by atoms with Crippen LogP contribution in [0.3, 0.4) is 0 Å². The van der Waals surface area contributed by atoms with Crippen molar-refractivity contribution in [2.24, 2.45) is 4.99 Å². The first-order chi connectivity index (χ1) is 14.5. The predicted octanol–water partition coefficient (Wildman–Crippen LogP) is 2.68. The van der Waals surface area contributed by atoms with Crippen molar-refractivity contribution in [2.45, 2.75) is 45.3 Å². The Bertz CT molecular complexity index is 666. The maximum Gasteiger partial charge on any atom is 0.234 e. The minimum Gasteiger partial charge on any atom is -0.375 e. The number of methoxy groups -OCH3 is 1. The van der Waals surface area contributed by atoms with Crippen molar-refractivity contribution in [1.82, 2.24) is 20.9 Å². The highest BCUT2D eigenvalue weighted by molar-refractivity contribution is 14.0. The van der Waals surface area contributed by atoms with E-state index in [0.717, 1.165) is 57.0 Å². The van der Waals surface area contributed by atoms with Crippen LogP contribution in [0.1, 0.15) is 44.8 Å². The number of piperidine rings is 1. The second kappa shape index (κ2) is 15.4. The van der Waals surface area contributed by atoms with Crippen LogP contribution in [-0.4, -0.2) is 69.2 Å². The molecule has 1 heterocycles. The summed E-state index contributed by atoms with van der Waals surface area (Å²) in [5, 5.41) is 9.71. The van der Waals surface area contributed by atoms with E-state index in [0.29, 0.717) is 19.1 Å². The number of amides is 1. The molecule has 0 aromatic heterocycles. The first-order valence-electron chi connectivity index (χ1n) is 10.9. The van der Waals surface area contributed by atoms with Gasteiger partial charge in [0.2, 0.25) is 5.91 Å². The van der Waals surface area contributed by atoms with Gasteiger partial charge in [-0.2, -0.15) is 0 Å². The normalized spacial score (nSPS) is 16.3. The molecular weight excluding hydrogens is 512 g/mol. The third-order valence-electron chi connectivity index (χ3n) is 5.15. The number of aliphatic imine (C=N–C) groups is 1. The zero-order chi connectivity index (χ0) is 21.8. The molecule has 0 spiro atoms. The Morgan fingerprint density at radius 2 is 1.90 bits per heavy atom. The lowest BCUT2D eigenvalue weighted by Gasteiger charge is -2.32. The van der Waals surface area contributed by atoms with Gasteiger partial charge in [-0.15, -0.1) is 24.0 Å². The van der Waals surface area contributed by atoms with Gasteiger partial charge in [-0.25, -0.2) is 4.39 Å². The topological polar surface area (TPSA) is 78.0 Å². The molecule has 0 bridgehead atoms. The minimum atomic E-state index is -0.263. The summed E-state index contributed by atoms with van der Waals surface area (Å²) in [6.07, 6.45) is 2.63. The number of nitrogens with one attached hydrogen (secondary N) is 3. The number of hydrogen-bond donors (Lipinski definition) is 3. The van der Waals surface area contributed by atoms with Crippen LogP contribution in [0.15, 0.2) is 29.3 Å². The van der Waals surface area contributed by atoms with E-state index >= 15 is 0 Å². The molecule has 1 aliphatic rings. The Hall–Kier alpha value is -1.46. The van der Waals surface area contributed by atoms with Gasteiger partial charge in [-0.3, -0.25) is 14.7 Å². The Balaban J connectivity index is 0.00000480. The fourth-order valence-electron chi connectivity index (χ4n) is 3.44. The first kappa shape index (κ1) is 27.6. The molecule has 1 fully saturated rings. The van der Waals surface area contributed by atoms with E-state index in [-0.39, 0.29) is 41.8 Å². The molecule has 0 radical (unpaired) electrons. The number of rotatable bonds is 10. The molecule has 2 rings (SSSR count). The van der Waals surface area contributed by atoms with Crippen LogP contribution >= 0.6 is 24.0 Å². The van der Waals surface area contributed by atoms with Gasteiger partial charge in [0, 0.05) is 39.3 Å². The number of nitrogens with zero attached hydrogens (tertiary/aromatic N) is 2. The van der Waals surface area contributed by atoms with E-state index < -0.39 is 0 Å². The van der Waals surface area contributed by atoms with Crippen LogP contribution in [0.5, 0.6) is 0 Å². The monoisotopic (exact) mass is 549 g/mol. The molecule has 7 nitrogen and oxygen atoms in total. The van der Waals surface area contributed by atoms with E-state index in [4.69, 9.17) is 4.74 Å². The summed E-state index contributed by atoms with van der Waals surface area (Å²) in [6, 6.07) is 6.64. The van der Waals surface area contributed by atoms with E-state index in [9.17, 15) is 9.18 Å². The summed E-state index contributed by atoms with van der Waals surface area (Å²) in [4.78, 5) is 18.8. The van der Waals surface area contributed by atoms with Gasteiger partial charge in [0.1, 0.15) is 11.9 Å². The molecule has 0 aliphatic carbocycles. The number of likely N-dealkylation sites (tertiary alicyclic amines) is 1. The zero-order valence-corrected chi connectivity index (χ0v) is 21.2. The van der Waals surface area contributed by atoms with Gasteiger partial charge in [-0.1, -0.05) is 19.1 Å². The summed E-state index contributed by atoms with van der Waals surface area (Å²) in [5.74, 6) is 0.589. The highest BCUT2D eigenvalue weighted by Gasteiger charge is 2.21. The largest absolute Gasteiger partial charge is 0.375 e. The maximum atomic E-state index is 13.2. The van der Waals surface area contributed by atoms with Crippen molar-refractivity contribution < 1.29 is 13.9 Å². The Morgan fingerprint density at radius 1 is 1.23 bits per heavy atom. The molecule has 1 amide bonds. The smallest absolute Gasteiger partial charge is 0.234 e. The fraction of sp³-hybridized carbons (Fsp3) is 0.636. The van der Waals surface area contributed by atoms with Gasteiger partial charge in [0.25, 0.3) is 0 Å². The van der Waals surface area contributed by atoms with E-state index in [1.807, 2.05) is 6.92 Å². The van der Waals surface area contributed by atoms with Crippen molar-refractivity contribution in [3.63, 3.8) is 0 Å². The molecule has 1 aliphatic heterocycles. The number of benzene rings is 1. The maximum absolute atomic E-state index is 13.2. The van der Waals surface area contributed by atoms with Crippen LogP contribution in [0, 0.1) is 5.82 Å². The van der Waals surface area contributed by atoms with Crippen molar-refractivity contribution >= 4 is 35.8 Å². The lowest BCUT2D eigenvalue weighted by Crippen LogP contribution is -2.50. The summed E-state index contributed by atoms with van der Waals surface area (Å²) in [6.45, 7) is 8.25. The highest BCUT2D eigenvalue weighted by atomic mass is 127. The van der Waals surface area contributed by atoms with Crippen LogP contribution in [0.2, 0.25) is 0 Å². The Kier molecular flexibility index (Phi) is 13.7. The minimum absolute atomic E-state index is 0. The van der Waals surface area contributed by atoms with E-state index in [1.165, 1.54) is 12.1 Å². The predicted molar refractivity (Wildman–Crippen MR) is 133 cm³/mol. The second-order valence-electron chi connectivity index (χ2n) is 7.54. The summed E-state index contributed by atoms with van der Waals surface area (Å²) >= 11 is 0. The molecule has 0 saturated carbocycles. The second-order valence-corrected chi connectivity index (χ2v) is 7.54. The SMILES string of the molecule is CCCNC(=O)CN1CCC(NC(=NCC(OC)c2ccc(F)cc2)NCC)CC1.I. The number of ether oxygens (including phenoxy) is 1. The van der Waals surface area contributed by atoms with Crippen molar-refractivity contribution in [3.05, 3.63) is 35.6 Å². The van der Waals surface area contributed by atoms with Gasteiger partial charge in [0.15, 0.2) is 5.96 Å². The van der Waals surface area contributed by atoms with Crippen LogP contribution in [0.25, 0.3) is 0 Å². The standard InChI is InChI=1S/C22H36FN5O2.HI/c1-4-12-25-21(29)16-28-13-10-19(11-14-28)27-22(24-5-2)26-15-20(30-3)17-6-8-18(23)9-7-17;/h6-9,19-20H,4-5,10-16H2,1-3H3,(H,25,29)(H2,24,26,27);1H.